The Kier molecular flexibility index (Phi) is 4.08. The number of amides is 2. The van der Waals surface area contributed by atoms with Gasteiger partial charge in [-0.05, 0) is 13.8 Å². The summed E-state index contributed by atoms with van der Waals surface area (Å²) in [7, 11) is 0. The monoisotopic (exact) mass is 240 g/mol. The SMILES string of the molecule is Cc1n[nH]c(C)c1NC(=O)NCC(C)C(=O)O. The molecule has 1 heterocycles. The highest BCUT2D eigenvalue weighted by atomic mass is 16.4. The molecule has 4 N–H and O–H groups in total. The van der Waals surface area contributed by atoms with Crippen molar-refractivity contribution in [3.8, 4) is 0 Å². The van der Waals surface area contributed by atoms with Crippen molar-refractivity contribution in [1.82, 2.24) is 15.5 Å². The number of aromatic amines is 1. The lowest BCUT2D eigenvalue weighted by atomic mass is 10.2. The number of carboxylic acid groups (broad SMARTS) is 1. The molecular weight excluding hydrogens is 224 g/mol. The Morgan fingerprint density at radius 1 is 1.47 bits per heavy atom. The molecule has 1 atom stereocenters. The van der Waals surface area contributed by atoms with Gasteiger partial charge >= 0.3 is 12.0 Å². The van der Waals surface area contributed by atoms with E-state index >= 15 is 0 Å². The number of anilines is 1. The third kappa shape index (κ3) is 3.47. The summed E-state index contributed by atoms with van der Waals surface area (Å²) in [6.45, 7) is 5.16. The number of carbonyl (C=O) groups excluding carboxylic acids is 1. The molecule has 0 bridgehead atoms. The Morgan fingerprint density at radius 3 is 2.59 bits per heavy atom. The van der Waals surface area contributed by atoms with Gasteiger partial charge in [-0.3, -0.25) is 9.89 Å². The Balaban J connectivity index is 2.48. The van der Waals surface area contributed by atoms with Gasteiger partial charge in [-0.15, -0.1) is 0 Å². The van der Waals surface area contributed by atoms with E-state index in [1.807, 2.05) is 0 Å². The predicted molar refractivity (Wildman–Crippen MR) is 61.9 cm³/mol. The molecule has 0 spiro atoms. The van der Waals surface area contributed by atoms with Crippen LogP contribution in [-0.4, -0.2) is 33.8 Å². The van der Waals surface area contributed by atoms with Crippen LogP contribution in [0, 0.1) is 19.8 Å². The number of nitrogens with zero attached hydrogens (tertiary/aromatic N) is 1. The van der Waals surface area contributed by atoms with Crippen molar-refractivity contribution < 1.29 is 14.7 Å². The van der Waals surface area contributed by atoms with E-state index < -0.39 is 17.9 Å². The van der Waals surface area contributed by atoms with Gasteiger partial charge in [-0.25, -0.2) is 4.79 Å². The maximum Gasteiger partial charge on any atom is 0.319 e. The smallest absolute Gasteiger partial charge is 0.319 e. The molecule has 0 aliphatic heterocycles. The Bertz CT molecular complexity index is 408. The van der Waals surface area contributed by atoms with Crippen LogP contribution >= 0.6 is 0 Å². The zero-order valence-corrected chi connectivity index (χ0v) is 10.00. The van der Waals surface area contributed by atoms with Gasteiger partial charge in [0.05, 0.1) is 23.0 Å². The number of H-pyrrole nitrogens is 1. The molecule has 0 radical (unpaired) electrons. The number of urea groups is 1. The highest BCUT2D eigenvalue weighted by molar-refractivity contribution is 5.90. The second-order valence-electron chi connectivity index (χ2n) is 3.88. The lowest BCUT2D eigenvalue weighted by molar-refractivity contribution is -0.140. The van der Waals surface area contributed by atoms with E-state index in [4.69, 9.17) is 5.11 Å². The Hall–Kier alpha value is -2.05. The van der Waals surface area contributed by atoms with Gasteiger partial charge in [-0.2, -0.15) is 5.10 Å². The van der Waals surface area contributed by atoms with E-state index in [0.29, 0.717) is 11.4 Å². The molecule has 1 unspecified atom stereocenters. The fraction of sp³-hybridized carbons (Fsp3) is 0.500. The van der Waals surface area contributed by atoms with Gasteiger partial charge < -0.3 is 15.7 Å². The van der Waals surface area contributed by atoms with E-state index in [2.05, 4.69) is 20.8 Å². The Morgan fingerprint density at radius 2 is 2.12 bits per heavy atom. The molecule has 1 aromatic heterocycles. The first kappa shape index (κ1) is 13.0. The van der Waals surface area contributed by atoms with Crippen molar-refractivity contribution >= 4 is 17.7 Å². The molecule has 0 saturated heterocycles. The average molecular weight is 240 g/mol. The maximum atomic E-state index is 11.5. The molecule has 1 aromatic rings. The number of aliphatic carboxylic acids is 1. The lowest BCUT2D eigenvalue weighted by Crippen LogP contribution is -2.34. The second kappa shape index (κ2) is 5.33. The molecule has 7 nitrogen and oxygen atoms in total. The molecule has 0 aliphatic rings. The van der Waals surface area contributed by atoms with Crippen molar-refractivity contribution in [3.63, 3.8) is 0 Å². The third-order valence-electron chi connectivity index (χ3n) is 2.36. The highest BCUT2D eigenvalue weighted by Crippen LogP contribution is 2.15. The molecule has 0 saturated carbocycles. The molecular formula is C10H16N4O3. The Labute approximate surface area is 98.6 Å². The summed E-state index contributed by atoms with van der Waals surface area (Å²) in [4.78, 5) is 22.0. The summed E-state index contributed by atoms with van der Waals surface area (Å²) in [5.74, 6) is -1.56. The fourth-order valence-electron chi connectivity index (χ4n) is 1.23. The summed E-state index contributed by atoms with van der Waals surface area (Å²) >= 11 is 0. The van der Waals surface area contributed by atoms with Crippen LogP contribution in [0.15, 0.2) is 0 Å². The van der Waals surface area contributed by atoms with E-state index in [-0.39, 0.29) is 6.54 Å². The van der Waals surface area contributed by atoms with E-state index in [0.717, 1.165) is 5.69 Å². The lowest BCUT2D eigenvalue weighted by Gasteiger charge is -2.09. The van der Waals surface area contributed by atoms with Crippen molar-refractivity contribution in [2.75, 3.05) is 11.9 Å². The molecule has 0 fully saturated rings. The number of rotatable bonds is 4. The zero-order chi connectivity index (χ0) is 13.0. The van der Waals surface area contributed by atoms with Gasteiger partial charge in [0.1, 0.15) is 0 Å². The van der Waals surface area contributed by atoms with E-state index in [1.165, 1.54) is 6.92 Å². The normalized spacial score (nSPS) is 11.9. The van der Waals surface area contributed by atoms with Crippen LogP contribution in [0.1, 0.15) is 18.3 Å². The van der Waals surface area contributed by atoms with Crippen molar-refractivity contribution in [2.45, 2.75) is 20.8 Å². The number of aryl methyl sites for hydroxylation is 2. The van der Waals surface area contributed by atoms with E-state index in [9.17, 15) is 9.59 Å². The number of aromatic nitrogens is 2. The van der Waals surface area contributed by atoms with Gasteiger partial charge in [0, 0.05) is 6.54 Å². The van der Waals surface area contributed by atoms with Gasteiger partial charge in [0.25, 0.3) is 0 Å². The minimum absolute atomic E-state index is 0.0805. The number of hydrogen-bond donors (Lipinski definition) is 4. The number of carboxylic acids is 1. The first-order valence-corrected chi connectivity index (χ1v) is 5.21. The molecule has 0 aliphatic carbocycles. The van der Waals surface area contributed by atoms with Crippen LogP contribution in [0.25, 0.3) is 0 Å². The van der Waals surface area contributed by atoms with Crippen LogP contribution in [0.4, 0.5) is 10.5 Å². The molecule has 17 heavy (non-hydrogen) atoms. The van der Waals surface area contributed by atoms with Crippen molar-refractivity contribution in [2.24, 2.45) is 5.92 Å². The summed E-state index contributed by atoms with van der Waals surface area (Å²) < 4.78 is 0. The van der Waals surface area contributed by atoms with Crippen LogP contribution in [-0.2, 0) is 4.79 Å². The number of nitrogens with one attached hydrogen (secondary N) is 3. The largest absolute Gasteiger partial charge is 0.481 e. The molecule has 94 valence electrons. The maximum absolute atomic E-state index is 11.5. The minimum Gasteiger partial charge on any atom is -0.481 e. The van der Waals surface area contributed by atoms with Gasteiger partial charge in [0.15, 0.2) is 0 Å². The highest BCUT2D eigenvalue weighted by Gasteiger charge is 2.13. The van der Waals surface area contributed by atoms with Gasteiger partial charge in [-0.1, -0.05) is 6.92 Å². The van der Waals surface area contributed by atoms with E-state index in [1.54, 1.807) is 13.8 Å². The van der Waals surface area contributed by atoms with Crippen LogP contribution in [0.5, 0.6) is 0 Å². The summed E-state index contributed by atoms with van der Waals surface area (Å²) in [6, 6.07) is -0.439. The van der Waals surface area contributed by atoms with Crippen LogP contribution in [0.3, 0.4) is 0 Å². The standard InChI is InChI=1S/C10H16N4O3/c1-5(9(15)16)4-11-10(17)12-8-6(2)13-14-7(8)3/h5H,4H2,1-3H3,(H,13,14)(H,15,16)(H2,11,12,17). The average Bonchev–Trinajstić information content (AvgIpc) is 2.57. The third-order valence-corrected chi connectivity index (χ3v) is 2.36. The van der Waals surface area contributed by atoms with Gasteiger partial charge in [0.2, 0.25) is 0 Å². The first-order valence-electron chi connectivity index (χ1n) is 5.21. The summed E-state index contributed by atoms with van der Waals surface area (Å²) in [6.07, 6.45) is 0. The fourth-order valence-corrected chi connectivity index (χ4v) is 1.23. The van der Waals surface area contributed by atoms with Crippen LogP contribution in [0.2, 0.25) is 0 Å². The molecule has 0 aromatic carbocycles. The molecule has 2 amide bonds. The predicted octanol–water partition coefficient (Wildman–Crippen LogP) is 0.869. The number of hydrogen-bond acceptors (Lipinski definition) is 3. The summed E-state index contributed by atoms with van der Waals surface area (Å²) in [5, 5.41) is 20.4. The number of carbonyl (C=O) groups is 2. The topological polar surface area (TPSA) is 107 Å². The zero-order valence-electron chi connectivity index (χ0n) is 10.00. The molecule has 7 heteroatoms. The van der Waals surface area contributed by atoms with Crippen molar-refractivity contribution in [1.29, 1.82) is 0 Å². The molecule has 1 rings (SSSR count). The minimum atomic E-state index is -0.944. The van der Waals surface area contributed by atoms with Crippen LogP contribution < -0.4 is 10.6 Å². The quantitative estimate of drug-likeness (QED) is 0.626. The van der Waals surface area contributed by atoms with Crippen molar-refractivity contribution in [3.05, 3.63) is 11.4 Å². The first-order chi connectivity index (χ1) is 7.91. The second-order valence-corrected chi connectivity index (χ2v) is 3.88. The summed E-state index contributed by atoms with van der Waals surface area (Å²) in [5.41, 5.74) is 2.05.